The molecule has 108 valence electrons. The maximum Gasteiger partial charge on any atom is 0.0436 e. The Morgan fingerprint density at radius 1 is 1.00 bits per heavy atom. The zero-order valence-electron chi connectivity index (χ0n) is 13.1. The smallest absolute Gasteiger partial charge is 0.0436 e. The maximum atomic E-state index is 4.44. The Bertz CT molecular complexity index is 363. The van der Waals surface area contributed by atoms with E-state index in [1.807, 2.05) is 12.3 Å². The molecule has 0 fully saturated rings. The van der Waals surface area contributed by atoms with E-state index in [0.717, 1.165) is 26.1 Å². The van der Waals surface area contributed by atoms with Crippen LogP contribution < -0.4 is 4.90 Å². The highest BCUT2D eigenvalue weighted by atomic mass is 15.1. The van der Waals surface area contributed by atoms with Gasteiger partial charge in [-0.2, -0.15) is 0 Å². The molecule has 0 saturated heterocycles. The van der Waals surface area contributed by atoms with Crippen LogP contribution in [-0.4, -0.2) is 69.7 Å². The van der Waals surface area contributed by atoms with E-state index in [9.17, 15) is 0 Å². The van der Waals surface area contributed by atoms with Crippen molar-refractivity contribution in [2.45, 2.75) is 12.8 Å². The Labute approximate surface area is 118 Å². The average Bonchev–Trinajstić information content (AvgIpc) is 2.36. The Morgan fingerprint density at radius 2 is 1.74 bits per heavy atom. The molecule has 19 heavy (non-hydrogen) atoms. The second-order valence-corrected chi connectivity index (χ2v) is 5.61. The highest BCUT2D eigenvalue weighted by molar-refractivity contribution is 5.44. The lowest BCUT2D eigenvalue weighted by Gasteiger charge is -2.18. The summed E-state index contributed by atoms with van der Waals surface area (Å²) in [6.07, 6.45) is 4.13. The van der Waals surface area contributed by atoms with E-state index >= 15 is 0 Å². The predicted molar refractivity (Wildman–Crippen MR) is 82.9 cm³/mol. The molecule has 0 radical (unpaired) electrons. The van der Waals surface area contributed by atoms with E-state index in [1.165, 1.54) is 17.8 Å². The third-order valence-electron chi connectivity index (χ3n) is 3.21. The first kappa shape index (κ1) is 15.9. The molecule has 4 nitrogen and oxygen atoms in total. The summed E-state index contributed by atoms with van der Waals surface area (Å²) in [6.45, 7) is 3.36. The van der Waals surface area contributed by atoms with E-state index in [2.05, 4.69) is 61.0 Å². The molecule has 1 aromatic rings. The van der Waals surface area contributed by atoms with E-state index in [-0.39, 0.29) is 0 Å². The van der Waals surface area contributed by atoms with Crippen molar-refractivity contribution in [3.63, 3.8) is 0 Å². The van der Waals surface area contributed by atoms with Gasteiger partial charge in [0.05, 0.1) is 0 Å². The Balaban J connectivity index is 2.33. The molecule has 1 aromatic heterocycles. The minimum atomic E-state index is 1.01. The molecule has 0 N–H and O–H groups in total. The second-order valence-electron chi connectivity index (χ2n) is 5.61. The molecule has 1 heterocycles. The molecule has 0 aliphatic carbocycles. The number of aromatic nitrogens is 1. The van der Waals surface area contributed by atoms with Crippen molar-refractivity contribution < 1.29 is 0 Å². The monoisotopic (exact) mass is 264 g/mol. The molecule has 1 rings (SSSR count). The van der Waals surface area contributed by atoms with Gasteiger partial charge in [0.2, 0.25) is 0 Å². The van der Waals surface area contributed by atoms with Gasteiger partial charge in [-0.15, -0.1) is 0 Å². The predicted octanol–water partition coefficient (Wildman–Crippen LogP) is 1.57. The Hall–Kier alpha value is -1.13. The van der Waals surface area contributed by atoms with Crippen molar-refractivity contribution in [2.75, 3.05) is 59.8 Å². The Kier molecular flexibility index (Phi) is 6.81. The van der Waals surface area contributed by atoms with Crippen LogP contribution >= 0.6 is 0 Å². The normalized spacial score (nSPS) is 11.3. The largest absolute Gasteiger partial charge is 0.378 e. The topological polar surface area (TPSA) is 22.6 Å². The molecule has 0 unspecified atom stereocenters. The zero-order valence-corrected chi connectivity index (χ0v) is 13.1. The van der Waals surface area contributed by atoms with E-state index in [0.29, 0.717) is 0 Å². The number of nitrogens with zero attached hydrogens (tertiary/aromatic N) is 4. The van der Waals surface area contributed by atoms with Gasteiger partial charge in [-0.3, -0.25) is 4.98 Å². The van der Waals surface area contributed by atoms with Crippen LogP contribution in [0.25, 0.3) is 0 Å². The van der Waals surface area contributed by atoms with E-state index in [1.54, 1.807) is 0 Å². The van der Waals surface area contributed by atoms with E-state index < -0.39 is 0 Å². The van der Waals surface area contributed by atoms with Crippen molar-refractivity contribution in [1.29, 1.82) is 0 Å². The minimum Gasteiger partial charge on any atom is -0.378 e. The summed E-state index contributed by atoms with van der Waals surface area (Å²) in [5.41, 5.74) is 2.39. The number of hydrogen-bond donors (Lipinski definition) is 0. The van der Waals surface area contributed by atoms with Crippen LogP contribution in [-0.2, 0) is 6.42 Å². The Morgan fingerprint density at radius 3 is 2.37 bits per heavy atom. The van der Waals surface area contributed by atoms with Gasteiger partial charge in [-0.1, -0.05) is 0 Å². The molecule has 0 bridgehead atoms. The summed E-state index contributed by atoms with van der Waals surface area (Å²) >= 11 is 0. The molecule has 0 amide bonds. The number of anilines is 1. The number of hydrogen-bond acceptors (Lipinski definition) is 4. The molecular formula is C15H28N4. The van der Waals surface area contributed by atoms with Crippen LogP contribution in [0.1, 0.15) is 12.1 Å². The lowest BCUT2D eigenvalue weighted by atomic mass is 10.2. The summed E-state index contributed by atoms with van der Waals surface area (Å²) in [7, 11) is 10.6. The zero-order chi connectivity index (χ0) is 14.3. The van der Waals surface area contributed by atoms with Gasteiger partial charge in [0, 0.05) is 44.6 Å². The lowest BCUT2D eigenvalue weighted by Crippen LogP contribution is -2.25. The second kappa shape index (κ2) is 8.12. The summed E-state index contributed by atoms with van der Waals surface area (Å²) < 4.78 is 0. The van der Waals surface area contributed by atoms with Crippen LogP contribution in [0, 0.1) is 0 Å². The third-order valence-corrected chi connectivity index (χ3v) is 3.21. The minimum absolute atomic E-state index is 1.01. The maximum absolute atomic E-state index is 4.44. The van der Waals surface area contributed by atoms with Crippen molar-refractivity contribution in [3.8, 4) is 0 Å². The van der Waals surface area contributed by atoms with Crippen molar-refractivity contribution >= 4 is 5.69 Å². The average molecular weight is 264 g/mol. The lowest BCUT2D eigenvalue weighted by molar-refractivity contribution is 0.302. The first-order chi connectivity index (χ1) is 8.99. The van der Waals surface area contributed by atoms with Crippen molar-refractivity contribution in [2.24, 2.45) is 0 Å². The summed E-state index contributed by atoms with van der Waals surface area (Å²) in [4.78, 5) is 11.2. The fourth-order valence-corrected chi connectivity index (χ4v) is 1.95. The molecule has 0 aliphatic rings. The fourth-order valence-electron chi connectivity index (χ4n) is 1.95. The van der Waals surface area contributed by atoms with E-state index in [4.69, 9.17) is 0 Å². The molecule has 0 aliphatic heterocycles. The molecule has 0 saturated carbocycles. The van der Waals surface area contributed by atoms with Gasteiger partial charge in [0.25, 0.3) is 0 Å². The SMILES string of the molecule is CN(C)CCCN(C)CCc1cc(N(C)C)ccn1. The van der Waals surface area contributed by atoms with Gasteiger partial charge in [-0.05, 0) is 52.8 Å². The molecule has 0 atom stereocenters. The van der Waals surface area contributed by atoms with Gasteiger partial charge >= 0.3 is 0 Å². The third kappa shape index (κ3) is 6.55. The molecular weight excluding hydrogens is 236 g/mol. The van der Waals surface area contributed by atoms with Crippen LogP contribution in [0.3, 0.4) is 0 Å². The van der Waals surface area contributed by atoms with Crippen LogP contribution in [0.4, 0.5) is 5.69 Å². The van der Waals surface area contributed by atoms with Crippen molar-refractivity contribution in [3.05, 3.63) is 24.0 Å². The molecule has 0 aromatic carbocycles. The van der Waals surface area contributed by atoms with Crippen LogP contribution in [0.5, 0.6) is 0 Å². The number of likely N-dealkylation sites (N-methyl/N-ethyl adjacent to an activating group) is 1. The highest BCUT2D eigenvalue weighted by Gasteiger charge is 2.03. The number of rotatable bonds is 8. The summed E-state index contributed by atoms with van der Waals surface area (Å²) in [6, 6.07) is 4.22. The van der Waals surface area contributed by atoms with Gasteiger partial charge < -0.3 is 14.7 Å². The summed E-state index contributed by atoms with van der Waals surface area (Å²) in [5, 5.41) is 0. The van der Waals surface area contributed by atoms with Gasteiger partial charge in [-0.25, -0.2) is 0 Å². The molecule has 4 heteroatoms. The molecule has 0 spiro atoms. The van der Waals surface area contributed by atoms with Crippen molar-refractivity contribution in [1.82, 2.24) is 14.8 Å². The fraction of sp³-hybridized carbons (Fsp3) is 0.667. The first-order valence-electron chi connectivity index (χ1n) is 6.94. The van der Waals surface area contributed by atoms with Crippen LogP contribution in [0.15, 0.2) is 18.3 Å². The quantitative estimate of drug-likeness (QED) is 0.711. The summed E-state index contributed by atoms with van der Waals surface area (Å²) in [5.74, 6) is 0. The standard InChI is InChI=1S/C15H28N4/c1-17(2)10-6-11-19(5)12-8-14-13-15(18(3)4)7-9-16-14/h7,9,13H,6,8,10-12H2,1-5H3. The first-order valence-corrected chi connectivity index (χ1v) is 6.94. The van der Waals surface area contributed by atoms with Crippen LogP contribution in [0.2, 0.25) is 0 Å². The van der Waals surface area contributed by atoms with Gasteiger partial charge in [0.15, 0.2) is 0 Å². The number of pyridine rings is 1. The van der Waals surface area contributed by atoms with Gasteiger partial charge in [0.1, 0.15) is 0 Å². The highest BCUT2D eigenvalue weighted by Crippen LogP contribution is 2.11.